The Bertz CT molecular complexity index is 1440. The molecule has 3 rings (SSSR count). The van der Waals surface area contributed by atoms with Crippen molar-refractivity contribution in [2.75, 3.05) is 6.54 Å². The molecule has 0 amide bonds. The van der Waals surface area contributed by atoms with E-state index in [9.17, 15) is 30.0 Å². The minimum absolute atomic E-state index is 0.137. The monoisotopic (exact) mass is 526 g/mol. The first-order valence-corrected chi connectivity index (χ1v) is 13.0. The van der Waals surface area contributed by atoms with E-state index in [1.165, 1.54) is 24.3 Å². The van der Waals surface area contributed by atoms with E-state index in [4.69, 9.17) is 11.5 Å². The second kappa shape index (κ2) is 10.1. The maximum Gasteiger partial charge on any atom is 0.417 e. The first kappa shape index (κ1) is 26.2. The predicted octanol–water partition coefficient (Wildman–Crippen LogP) is 2.96. The largest absolute Gasteiger partial charge is 0.417 e. The molecule has 0 bridgehead atoms. The van der Waals surface area contributed by atoms with Gasteiger partial charge in [-0.1, -0.05) is 30.3 Å². The first-order valence-electron chi connectivity index (χ1n) is 10.0. The van der Waals surface area contributed by atoms with E-state index in [-0.39, 0.29) is 23.8 Å². The second-order valence-corrected chi connectivity index (χ2v) is 11.0. The van der Waals surface area contributed by atoms with Crippen molar-refractivity contribution in [1.29, 1.82) is 0 Å². The van der Waals surface area contributed by atoms with Gasteiger partial charge in [0.15, 0.2) is 5.96 Å². The van der Waals surface area contributed by atoms with E-state index >= 15 is 0 Å². The van der Waals surface area contributed by atoms with E-state index in [0.717, 1.165) is 6.07 Å². The molecule has 0 atom stereocenters. The highest BCUT2D eigenvalue weighted by Gasteiger charge is 2.38. The summed E-state index contributed by atoms with van der Waals surface area (Å²) in [6.07, 6.45) is -4.88. The number of hydrogen-bond acceptors (Lipinski definition) is 5. The molecule has 0 saturated carbocycles. The molecule has 3 aromatic rings. The van der Waals surface area contributed by atoms with Crippen LogP contribution in [0.2, 0.25) is 0 Å². The van der Waals surface area contributed by atoms with Gasteiger partial charge in [-0.15, -0.1) is 0 Å². The Labute approximate surface area is 200 Å². The number of sulfonamides is 1. The van der Waals surface area contributed by atoms with Gasteiger partial charge in [0.2, 0.25) is 19.9 Å². The standard InChI is InChI=1S/C22H21F3N4O4S2/c23-22(24,25)19-11-10-18(34(30,31)17-4-2-1-3-5-17)14-20(19)35(32,33)28-13-12-15-6-8-16(9-7-15)29-21(26)27/h1-11,14,28H,12-13H2,(H4,26,27,29). The Morgan fingerprint density at radius 3 is 2.06 bits per heavy atom. The van der Waals surface area contributed by atoms with Gasteiger partial charge in [0, 0.05) is 6.54 Å². The fraction of sp³-hybridized carbons (Fsp3) is 0.136. The lowest BCUT2D eigenvalue weighted by Crippen LogP contribution is -2.28. The van der Waals surface area contributed by atoms with Gasteiger partial charge in [-0.05, 0) is 54.4 Å². The third-order valence-corrected chi connectivity index (χ3v) is 8.08. The van der Waals surface area contributed by atoms with Gasteiger partial charge in [0.05, 0.1) is 25.9 Å². The van der Waals surface area contributed by atoms with E-state index in [1.807, 2.05) is 0 Å². The number of halogens is 3. The predicted molar refractivity (Wildman–Crippen MR) is 124 cm³/mol. The lowest BCUT2D eigenvalue weighted by Gasteiger charge is -2.16. The van der Waals surface area contributed by atoms with E-state index < -0.39 is 41.4 Å². The van der Waals surface area contributed by atoms with Crippen LogP contribution in [0.1, 0.15) is 11.1 Å². The van der Waals surface area contributed by atoms with Crippen LogP contribution in [0.5, 0.6) is 0 Å². The minimum Gasteiger partial charge on any atom is -0.370 e. The van der Waals surface area contributed by atoms with Crippen LogP contribution in [0.15, 0.2) is 92.5 Å². The molecule has 0 aliphatic heterocycles. The van der Waals surface area contributed by atoms with Crippen molar-refractivity contribution in [3.05, 3.63) is 83.9 Å². The van der Waals surface area contributed by atoms with Crippen LogP contribution >= 0.6 is 0 Å². The third-order valence-electron chi connectivity index (χ3n) is 4.81. The number of nitrogens with two attached hydrogens (primary N) is 2. The molecule has 3 aromatic carbocycles. The van der Waals surface area contributed by atoms with Crippen LogP contribution in [0, 0.1) is 0 Å². The summed E-state index contributed by atoms with van der Waals surface area (Å²) >= 11 is 0. The Morgan fingerprint density at radius 1 is 0.857 bits per heavy atom. The molecule has 8 nitrogen and oxygen atoms in total. The highest BCUT2D eigenvalue weighted by molar-refractivity contribution is 7.91. The summed E-state index contributed by atoms with van der Waals surface area (Å²) in [7, 11) is -8.97. The number of alkyl halides is 3. The zero-order valence-electron chi connectivity index (χ0n) is 18.0. The molecule has 0 heterocycles. The summed E-state index contributed by atoms with van der Waals surface area (Å²) in [5.41, 5.74) is 10.2. The Kier molecular flexibility index (Phi) is 7.53. The van der Waals surface area contributed by atoms with Crippen molar-refractivity contribution < 1.29 is 30.0 Å². The molecule has 0 spiro atoms. The van der Waals surface area contributed by atoms with Crippen molar-refractivity contribution in [2.45, 2.75) is 27.3 Å². The number of rotatable bonds is 8. The second-order valence-electron chi connectivity index (χ2n) is 7.32. The molecule has 0 radical (unpaired) electrons. The molecule has 0 aliphatic rings. The summed E-state index contributed by atoms with van der Waals surface area (Å²) in [6.45, 7) is -0.239. The highest BCUT2D eigenvalue weighted by atomic mass is 32.2. The van der Waals surface area contributed by atoms with Crippen LogP contribution < -0.4 is 16.2 Å². The first-order chi connectivity index (χ1) is 16.3. The average Bonchev–Trinajstić information content (AvgIpc) is 2.79. The molecule has 0 aliphatic carbocycles. The van der Waals surface area contributed by atoms with E-state index in [2.05, 4.69) is 9.71 Å². The van der Waals surface area contributed by atoms with Crippen LogP contribution in [0.4, 0.5) is 18.9 Å². The number of aliphatic imine (C=N–C) groups is 1. The van der Waals surface area contributed by atoms with Crippen molar-refractivity contribution in [2.24, 2.45) is 16.5 Å². The number of sulfone groups is 1. The van der Waals surface area contributed by atoms with Gasteiger partial charge in [0.25, 0.3) is 0 Å². The summed E-state index contributed by atoms with van der Waals surface area (Å²) in [5, 5.41) is 0. The zero-order chi connectivity index (χ0) is 25.9. The molecule has 0 unspecified atom stereocenters. The van der Waals surface area contributed by atoms with Crippen molar-refractivity contribution in [3.63, 3.8) is 0 Å². The summed E-state index contributed by atoms with van der Waals surface area (Å²) in [4.78, 5) is 1.91. The average molecular weight is 527 g/mol. The van der Waals surface area contributed by atoms with Crippen LogP contribution in [0.3, 0.4) is 0 Å². The number of nitrogens with one attached hydrogen (secondary N) is 1. The third kappa shape index (κ3) is 6.38. The number of benzene rings is 3. The van der Waals surface area contributed by atoms with Crippen molar-refractivity contribution in [1.82, 2.24) is 4.72 Å². The zero-order valence-corrected chi connectivity index (χ0v) is 19.7. The van der Waals surface area contributed by atoms with Gasteiger partial charge < -0.3 is 11.5 Å². The number of guanidine groups is 1. The van der Waals surface area contributed by atoms with Gasteiger partial charge in [0.1, 0.15) is 0 Å². The highest BCUT2D eigenvalue weighted by Crippen LogP contribution is 2.36. The maximum absolute atomic E-state index is 13.6. The fourth-order valence-corrected chi connectivity index (χ4v) is 5.82. The number of nitrogens with zero attached hydrogens (tertiary/aromatic N) is 1. The molecular formula is C22H21F3N4O4S2. The maximum atomic E-state index is 13.6. The van der Waals surface area contributed by atoms with Crippen LogP contribution in [-0.4, -0.2) is 29.3 Å². The van der Waals surface area contributed by atoms with Crippen molar-refractivity contribution in [3.8, 4) is 0 Å². The molecule has 13 heteroatoms. The molecule has 0 aromatic heterocycles. The van der Waals surface area contributed by atoms with Crippen LogP contribution in [-0.2, 0) is 32.5 Å². The topological polar surface area (TPSA) is 145 Å². The molecule has 5 N–H and O–H groups in total. The summed E-state index contributed by atoms with van der Waals surface area (Å²) in [6, 6.07) is 15.1. The lowest BCUT2D eigenvalue weighted by molar-refractivity contribution is -0.139. The molecule has 0 saturated heterocycles. The minimum atomic E-state index is -5.03. The van der Waals surface area contributed by atoms with Gasteiger partial charge in [-0.2, -0.15) is 13.2 Å². The van der Waals surface area contributed by atoms with Crippen LogP contribution in [0.25, 0.3) is 0 Å². The van der Waals surface area contributed by atoms with E-state index in [0.29, 0.717) is 23.4 Å². The lowest BCUT2D eigenvalue weighted by atomic mass is 10.1. The van der Waals surface area contributed by atoms with Crippen molar-refractivity contribution >= 4 is 31.5 Å². The Balaban J connectivity index is 1.89. The van der Waals surface area contributed by atoms with E-state index in [1.54, 1.807) is 30.3 Å². The number of hydrogen-bond donors (Lipinski definition) is 3. The fourth-order valence-electron chi connectivity index (χ4n) is 3.16. The molecule has 186 valence electrons. The van der Waals surface area contributed by atoms with Gasteiger partial charge in [-0.25, -0.2) is 26.6 Å². The SMILES string of the molecule is NC(N)=Nc1ccc(CCNS(=O)(=O)c2cc(S(=O)(=O)c3ccccc3)ccc2C(F)(F)F)cc1. The van der Waals surface area contributed by atoms with Gasteiger partial charge >= 0.3 is 6.18 Å². The molecule has 0 fully saturated rings. The Hall–Kier alpha value is -3.42. The quantitative estimate of drug-likeness (QED) is 0.304. The molecule has 35 heavy (non-hydrogen) atoms. The Morgan fingerprint density at radius 2 is 1.49 bits per heavy atom. The van der Waals surface area contributed by atoms with Gasteiger partial charge in [-0.3, -0.25) is 0 Å². The smallest absolute Gasteiger partial charge is 0.370 e. The summed E-state index contributed by atoms with van der Waals surface area (Å²) < 4.78 is 94.2. The summed E-state index contributed by atoms with van der Waals surface area (Å²) in [5.74, 6) is -0.137. The normalized spacial score (nSPS) is 12.3. The molecular weight excluding hydrogens is 505 g/mol.